The molecule has 0 radical (unpaired) electrons. The molecule has 0 spiro atoms. The number of aryl methyl sites for hydroxylation is 1. The summed E-state index contributed by atoms with van der Waals surface area (Å²) in [5.41, 5.74) is 1.73. The van der Waals surface area contributed by atoms with Crippen molar-refractivity contribution in [3.63, 3.8) is 0 Å². The zero-order valence-corrected chi connectivity index (χ0v) is 9.64. The van der Waals surface area contributed by atoms with E-state index in [2.05, 4.69) is 15.1 Å². The second kappa shape index (κ2) is 4.00. The minimum Gasteiger partial charge on any atom is -0.299 e. The summed E-state index contributed by atoms with van der Waals surface area (Å²) >= 11 is 0. The van der Waals surface area contributed by atoms with Gasteiger partial charge in [0.15, 0.2) is 0 Å². The van der Waals surface area contributed by atoms with Crippen molar-refractivity contribution in [2.75, 3.05) is 0 Å². The Bertz CT molecular complexity index is 532. The Labute approximate surface area is 93.5 Å². The van der Waals surface area contributed by atoms with Crippen LogP contribution in [0, 0.1) is 6.92 Å². The van der Waals surface area contributed by atoms with E-state index in [0.717, 1.165) is 17.8 Å². The molecule has 0 N–H and O–H groups in total. The molecular weight excluding hydrogens is 204 g/mol. The molecule has 0 saturated heterocycles. The van der Waals surface area contributed by atoms with E-state index in [0.29, 0.717) is 5.78 Å². The first-order chi connectivity index (χ1) is 7.63. The summed E-state index contributed by atoms with van der Waals surface area (Å²) in [4.78, 5) is 19.9. The molecule has 0 saturated carbocycles. The van der Waals surface area contributed by atoms with E-state index in [1.807, 2.05) is 19.9 Å². The fourth-order valence-electron chi connectivity index (χ4n) is 1.91. The monoisotopic (exact) mass is 218 g/mol. The standard InChI is InChI=1S/C11H14N4O/c1-4-9(8(3)16)10-5-7(2)14-11-12-6-13-15(10)11/h5-6,9H,4H2,1-3H3. The first-order valence-corrected chi connectivity index (χ1v) is 5.31. The van der Waals surface area contributed by atoms with Gasteiger partial charge >= 0.3 is 0 Å². The van der Waals surface area contributed by atoms with Gasteiger partial charge in [0.1, 0.15) is 12.1 Å². The Morgan fingerprint density at radius 1 is 1.56 bits per heavy atom. The molecule has 1 unspecified atom stereocenters. The van der Waals surface area contributed by atoms with E-state index in [9.17, 15) is 4.79 Å². The third-order valence-electron chi connectivity index (χ3n) is 2.66. The molecule has 16 heavy (non-hydrogen) atoms. The molecule has 84 valence electrons. The zero-order valence-electron chi connectivity index (χ0n) is 9.64. The summed E-state index contributed by atoms with van der Waals surface area (Å²) in [6, 6.07) is 1.90. The van der Waals surface area contributed by atoms with Crippen LogP contribution in [0.5, 0.6) is 0 Å². The van der Waals surface area contributed by atoms with Gasteiger partial charge in [-0.2, -0.15) is 10.1 Å². The van der Waals surface area contributed by atoms with Gasteiger partial charge < -0.3 is 0 Å². The second-order valence-corrected chi connectivity index (χ2v) is 3.87. The van der Waals surface area contributed by atoms with E-state index in [1.54, 1.807) is 11.4 Å². The number of fused-ring (bicyclic) bond motifs is 1. The lowest BCUT2D eigenvalue weighted by molar-refractivity contribution is -0.118. The molecule has 2 aromatic rings. The van der Waals surface area contributed by atoms with Gasteiger partial charge in [-0.1, -0.05) is 6.92 Å². The molecule has 0 aromatic carbocycles. The van der Waals surface area contributed by atoms with E-state index < -0.39 is 0 Å². The number of carbonyl (C=O) groups is 1. The van der Waals surface area contributed by atoms with Crippen molar-refractivity contribution < 1.29 is 4.79 Å². The van der Waals surface area contributed by atoms with E-state index >= 15 is 0 Å². The van der Waals surface area contributed by atoms with Crippen molar-refractivity contribution in [2.24, 2.45) is 0 Å². The summed E-state index contributed by atoms with van der Waals surface area (Å²) in [7, 11) is 0. The highest BCUT2D eigenvalue weighted by Gasteiger charge is 2.19. The molecular formula is C11H14N4O. The molecule has 0 aliphatic rings. The van der Waals surface area contributed by atoms with E-state index in [1.165, 1.54) is 6.33 Å². The van der Waals surface area contributed by atoms with Gasteiger partial charge in [-0.3, -0.25) is 4.79 Å². The van der Waals surface area contributed by atoms with Gasteiger partial charge in [0.2, 0.25) is 0 Å². The molecule has 1 atom stereocenters. The first-order valence-electron chi connectivity index (χ1n) is 5.31. The predicted octanol–water partition coefficient (Wildman–Crippen LogP) is 1.52. The zero-order chi connectivity index (χ0) is 11.7. The Hall–Kier alpha value is -1.78. The van der Waals surface area contributed by atoms with Crippen LogP contribution >= 0.6 is 0 Å². The summed E-state index contributed by atoms with van der Waals surface area (Å²) in [6.45, 7) is 5.49. The van der Waals surface area contributed by atoms with Gasteiger partial charge in [0, 0.05) is 5.69 Å². The van der Waals surface area contributed by atoms with Crippen LogP contribution in [0.4, 0.5) is 0 Å². The average Bonchev–Trinajstić information content (AvgIpc) is 2.65. The number of rotatable bonds is 3. The minimum atomic E-state index is -0.133. The molecule has 2 aromatic heterocycles. The fourth-order valence-corrected chi connectivity index (χ4v) is 1.91. The molecule has 2 heterocycles. The predicted molar refractivity (Wildman–Crippen MR) is 59.2 cm³/mol. The molecule has 0 amide bonds. The van der Waals surface area contributed by atoms with Crippen molar-refractivity contribution in [3.8, 4) is 0 Å². The Morgan fingerprint density at radius 3 is 2.94 bits per heavy atom. The van der Waals surface area contributed by atoms with Crippen LogP contribution in [0.3, 0.4) is 0 Å². The van der Waals surface area contributed by atoms with Gasteiger partial charge in [-0.15, -0.1) is 0 Å². The molecule has 0 fully saturated rings. The Kier molecular flexibility index (Phi) is 2.68. The third-order valence-corrected chi connectivity index (χ3v) is 2.66. The molecule has 2 rings (SSSR count). The summed E-state index contributed by atoms with van der Waals surface area (Å²) in [5.74, 6) is 0.561. The molecule has 5 heteroatoms. The normalized spacial score (nSPS) is 12.9. The SMILES string of the molecule is CCC(C(C)=O)c1cc(C)nc2ncnn12. The van der Waals surface area contributed by atoms with Crippen molar-refractivity contribution >= 4 is 11.6 Å². The number of ketones is 1. The molecule has 0 bridgehead atoms. The lowest BCUT2D eigenvalue weighted by Crippen LogP contribution is -2.14. The maximum absolute atomic E-state index is 11.6. The average molecular weight is 218 g/mol. The van der Waals surface area contributed by atoms with Crippen LogP contribution < -0.4 is 0 Å². The largest absolute Gasteiger partial charge is 0.299 e. The van der Waals surface area contributed by atoms with Gasteiger partial charge in [0.05, 0.1) is 11.6 Å². The van der Waals surface area contributed by atoms with Gasteiger partial charge in [-0.25, -0.2) is 9.50 Å². The molecule has 0 aliphatic heterocycles. The van der Waals surface area contributed by atoms with Crippen molar-refractivity contribution in [1.82, 2.24) is 19.6 Å². The number of aromatic nitrogens is 4. The van der Waals surface area contributed by atoms with Gasteiger partial charge in [0.25, 0.3) is 5.78 Å². The maximum Gasteiger partial charge on any atom is 0.252 e. The highest BCUT2D eigenvalue weighted by molar-refractivity contribution is 5.83. The number of carbonyl (C=O) groups excluding carboxylic acids is 1. The summed E-state index contributed by atoms with van der Waals surface area (Å²) in [6.07, 6.45) is 2.21. The first kappa shape index (κ1) is 10.7. The minimum absolute atomic E-state index is 0.133. The molecule has 0 aliphatic carbocycles. The highest BCUT2D eigenvalue weighted by atomic mass is 16.1. The van der Waals surface area contributed by atoms with E-state index in [4.69, 9.17) is 0 Å². The summed E-state index contributed by atoms with van der Waals surface area (Å²) < 4.78 is 1.64. The highest BCUT2D eigenvalue weighted by Crippen LogP contribution is 2.20. The smallest absolute Gasteiger partial charge is 0.252 e. The number of nitrogens with zero attached hydrogens (tertiary/aromatic N) is 4. The van der Waals surface area contributed by atoms with Crippen LogP contribution in [0.25, 0.3) is 5.78 Å². The van der Waals surface area contributed by atoms with Crippen LogP contribution in [0.1, 0.15) is 37.6 Å². The number of hydrogen-bond acceptors (Lipinski definition) is 4. The maximum atomic E-state index is 11.6. The van der Waals surface area contributed by atoms with Crippen LogP contribution in [0.2, 0.25) is 0 Å². The number of hydrogen-bond donors (Lipinski definition) is 0. The summed E-state index contributed by atoms with van der Waals surface area (Å²) in [5, 5.41) is 4.10. The third kappa shape index (κ3) is 1.68. The van der Waals surface area contributed by atoms with Crippen molar-refractivity contribution in [1.29, 1.82) is 0 Å². The van der Waals surface area contributed by atoms with Crippen LogP contribution in [0.15, 0.2) is 12.4 Å². The topological polar surface area (TPSA) is 60.2 Å². The number of Topliss-reactive ketones (excluding diaryl/α,β-unsaturated/α-hetero) is 1. The van der Waals surface area contributed by atoms with Crippen LogP contribution in [-0.4, -0.2) is 25.4 Å². The van der Waals surface area contributed by atoms with Gasteiger partial charge in [-0.05, 0) is 26.3 Å². The van der Waals surface area contributed by atoms with E-state index in [-0.39, 0.29) is 11.7 Å². The fraction of sp³-hybridized carbons (Fsp3) is 0.455. The second-order valence-electron chi connectivity index (χ2n) is 3.87. The quantitative estimate of drug-likeness (QED) is 0.783. The molecule has 5 nitrogen and oxygen atoms in total. The Balaban J connectivity index is 2.65. The lowest BCUT2D eigenvalue weighted by Gasteiger charge is -2.13. The van der Waals surface area contributed by atoms with Crippen molar-refractivity contribution in [2.45, 2.75) is 33.1 Å². The Morgan fingerprint density at radius 2 is 2.31 bits per heavy atom. The van der Waals surface area contributed by atoms with Crippen LogP contribution in [-0.2, 0) is 4.79 Å². The lowest BCUT2D eigenvalue weighted by atomic mass is 9.97. The van der Waals surface area contributed by atoms with Crippen molar-refractivity contribution in [3.05, 3.63) is 23.8 Å².